The number of rotatable bonds is 7. The number of benzene rings is 1. The van der Waals surface area contributed by atoms with Crippen LogP contribution in [0, 0.1) is 10.1 Å². The Kier molecular flexibility index (Phi) is 5.30. The summed E-state index contributed by atoms with van der Waals surface area (Å²) in [6, 6.07) is 3.72. The third-order valence-corrected chi connectivity index (χ3v) is 4.76. The molecule has 0 unspecified atom stereocenters. The molecule has 1 aromatic carbocycles. The van der Waals surface area contributed by atoms with Crippen LogP contribution >= 0.6 is 0 Å². The highest BCUT2D eigenvalue weighted by molar-refractivity contribution is 7.89. The highest BCUT2D eigenvalue weighted by Crippen LogP contribution is 2.27. The van der Waals surface area contributed by atoms with Crippen LogP contribution in [0.3, 0.4) is 0 Å². The molecular weight excluding hydrogens is 294 g/mol. The quantitative estimate of drug-likeness (QED) is 0.594. The smallest absolute Gasteiger partial charge is 0.270 e. The third-order valence-electron chi connectivity index (χ3n) is 3.02. The maximum absolute atomic E-state index is 12.5. The second kappa shape index (κ2) is 6.40. The van der Waals surface area contributed by atoms with Gasteiger partial charge < -0.3 is 5.32 Å². The van der Waals surface area contributed by atoms with Crippen molar-refractivity contribution < 1.29 is 13.3 Å². The van der Waals surface area contributed by atoms with Crippen LogP contribution in [-0.2, 0) is 10.0 Å². The summed E-state index contributed by atoms with van der Waals surface area (Å²) in [4.78, 5) is 10.1. The van der Waals surface area contributed by atoms with E-state index in [1.807, 2.05) is 6.92 Å². The molecule has 118 valence electrons. The van der Waals surface area contributed by atoms with Gasteiger partial charge >= 0.3 is 0 Å². The van der Waals surface area contributed by atoms with Crippen LogP contribution in [0.15, 0.2) is 23.1 Å². The molecule has 0 heterocycles. The molecule has 0 aromatic heterocycles. The zero-order valence-electron chi connectivity index (χ0n) is 12.6. The van der Waals surface area contributed by atoms with Gasteiger partial charge in [-0.25, -0.2) is 13.1 Å². The summed E-state index contributed by atoms with van der Waals surface area (Å²) in [6.07, 6.45) is 1.49. The summed E-state index contributed by atoms with van der Waals surface area (Å²) in [5.74, 6) is 0. The van der Waals surface area contributed by atoms with Gasteiger partial charge in [0, 0.05) is 24.7 Å². The summed E-state index contributed by atoms with van der Waals surface area (Å²) in [5.41, 5.74) is -0.563. The lowest BCUT2D eigenvalue weighted by molar-refractivity contribution is -0.385. The van der Waals surface area contributed by atoms with Gasteiger partial charge in [-0.2, -0.15) is 0 Å². The summed E-state index contributed by atoms with van der Waals surface area (Å²) >= 11 is 0. The van der Waals surface area contributed by atoms with Crippen molar-refractivity contribution >= 4 is 21.4 Å². The number of non-ortho nitro benzene ring substituents is 1. The SMILES string of the molecule is CCCC(C)(C)NS(=O)(=O)c1cc([N+](=O)[O-])ccc1NC. The minimum atomic E-state index is -3.86. The van der Waals surface area contributed by atoms with Gasteiger partial charge in [0.15, 0.2) is 0 Å². The summed E-state index contributed by atoms with van der Waals surface area (Å²) in [5, 5.41) is 13.6. The molecule has 0 saturated carbocycles. The van der Waals surface area contributed by atoms with Gasteiger partial charge in [-0.1, -0.05) is 13.3 Å². The van der Waals surface area contributed by atoms with Crippen molar-refractivity contribution in [3.05, 3.63) is 28.3 Å². The van der Waals surface area contributed by atoms with E-state index in [2.05, 4.69) is 10.0 Å². The van der Waals surface area contributed by atoms with E-state index in [0.717, 1.165) is 12.5 Å². The van der Waals surface area contributed by atoms with E-state index in [-0.39, 0.29) is 10.6 Å². The molecule has 0 amide bonds. The number of nitrogens with zero attached hydrogens (tertiary/aromatic N) is 1. The van der Waals surface area contributed by atoms with E-state index >= 15 is 0 Å². The topological polar surface area (TPSA) is 101 Å². The number of sulfonamides is 1. The van der Waals surface area contributed by atoms with E-state index in [9.17, 15) is 18.5 Å². The first-order chi connectivity index (χ1) is 9.63. The Morgan fingerprint density at radius 2 is 1.95 bits per heavy atom. The Balaban J connectivity index is 3.29. The molecule has 0 bridgehead atoms. The molecule has 2 N–H and O–H groups in total. The molecule has 1 aromatic rings. The highest BCUT2D eigenvalue weighted by Gasteiger charge is 2.28. The normalized spacial score (nSPS) is 12.2. The minimum Gasteiger partial charge on any atom is -0.387 e. The fraction of sp³-hybridized carbons (Fsp3) is 0.538. The van der Waals surface area contributed by atoms with Crippen molar-refractivity contribution in [2.75, 3.05) is 12.4 Å². The molecule has 7 nitrogen and oxygen atoms in total. The fourth-order valence-electron chi connectivity index (χ4n) is 2.15. The Hall–Kier alpha value is -1.67. The van der Waals surface area contributed by atoms with Crippen molar-refractivity contribution in [2.45, 2.75) is 44.0 Å². The maximum Gasteiger partial charge on any atom is 0.270 e. The zero-order chi connectivity index (χ0) is 16.3. The molecule has 0 spiro atoms. The van der Waals surface area contributed by atoms with E-state index in [1.54, 1.807) is 20.9 Å². The van der Waals surface area contributed by atoms with Gasteiger partial charge in [-0.05, 0) is 26.3 Å². The molecule has 0 aliphatic heterocycles. The van der Waals surface area contributed by atoms with Gasteiger partial charge in [-0.15, -0.1) is 0 Å². The Morgan fingerprint density at radius 1 is 1.33 bits per heavy atom. The first-order valence-electron chi connectivity index (χ1n) is 6.63. The van der Waals surface area contributed by atoms with Gasteiger partial charge in [0.1, 0.15) is 4.90 Å². The molecule has 8 heteroatoms. The van der Waals surface area contributed by atoms with Gasteiger partial charge in [0.2, 0.25) is 10.0 Å². The molecule has 0 radical (unpaired) electrons. The summed E-state index contributed by atoms with van der Waals surface area (Å²) in [7, 11) is -2.29. The van der Waals surface area contributed by atoms with Crippen LogP contribution in [0.5, 0.6) is 0 Å². The van der Waals surface area contributed by atoms with E-state index in [4.69, 9.17) is 0 Å². The maximum atomic E-state index is 12.5. The Bertz CT molecular complexity index is 626. The molecule has 0 aliphatic carbocycles. The average molecular weight is 315 g/mol. The van der Waals surface area contributed by atoms with Crippen LogP contribution in [0.1, 0.15) is 33.6 Å². The number of nitro benzene ring substituents is 1. The molecule has 21 heavy (non-hydrogen) atoms. The lowest BCUT2D eigenvalue weighted by Crippen LogP contribution is -2.43. The number of hydrogen-bond acceptors (Lipinski definition) is 5. The Labute approximate surface area is 124 Å². The molecule has 0 fully saturated rings. The zero-order valence-corrected chi connectivity index (χ0v) is 13.5. The van der Waals surface area contributed by atoms with Crippen molar-refractivity contribution in [3.8, 4) is 0 Å². The van der Waals surface area contributed by atoms with Crippen LogP contribution in [0.2, 0.25) is 0 Å². The second-order valence-corrected chi connectivity index (χ2v) is 7.08. The third kappa shape index (κ3) is 4.40. The van der Waals surface area contributed by atoms with Crippen LogP contribution in [0.4, 0.5) is 11.4 Å². The minimum absolute atomic E-state index is 0.122. The van der Waals surface area contributed by atoms with E-state index < -0.39 is 20.5 Å². The van der Waals surface area contributed by atoms with Crippen molar-refractivity contribution in [1.29, 1.82) is 0 Å². The monoisotopic (exact) mass is 315 g/mol. The van der Waals surface area contributed by atoms with Gasteiger partial charge in [0.05, 0.1) is 10.6 Å². The summed E-state index contributed by atoms with van der Waals surface area (Å²) in [6.45, 7) is 5.53. The highest BCUT2D eigenvalue weighted by atomic mass is 32.2. The van der Waals surface area contributed by atoms with Crippen molar-refractivity contribution in [1.82, 2.24) is 4.72 Å². The lowest BCUT2D eigenvalue weighted by Gasteiger charge is -2.26. The van der Waals surface area contributed by atoms with Crippen LogP contribution in [-0.4, -0.2) is 25.9 Å². The Morgan fingerprint density at radius 3 is 2.43 bits per heavy atom. The first kappa shape index (κ1) is 17.4. The molecule has 0 atom stereocenters. The standard InChI is InChI=1S/C13H21N3O4S/c1-5-8-13(2,3)15-21(19,20)12-9-10(16(17)18)6-7-11(12)14-4/h6-7,9,14-15H,5,8H2,1-4H3. The largest absolute Gasteiger partial charge is 0.387 e. The predicted molar refractivity (Wildman–Crippen MR) is 82.0 cm³/mol. The van der Waals surface area contributed by atoms with Gasteiger partial charge in [0.25, 0.3) is 5.69 Å². The molecule has 0 aliphatic rings. The number of anilines is 1. The van der Waals surface area contributed by atoms with Crippen molar-refractivity contribution in [2.24, 2.45) is 0 Å². The fourth-order valence-corrected chi connectivity index (χ4v) is 3.82. The van der Waals surface area contributed by atoms with Gasteiger partial charge in [-0.3, -0.25) is 10.1 Å². The molecule has 0 saturated heterocycles. The average Bonchev–Trinajstić information content (AvgIpc) is 2.36. The van der Waals surface area contributed by atoms with Crippen LogP contribution in [0.25, 0.3) is 0 Å². The summed E-state index contributed by atoms with van der Waals surface area (Å²) < 4.78 is 27.6. The molecule has 1 rings (SSSR count). The molecular formula is C13H21N3O4S. The first-order valence-corrected chi connectivity index (χ1v) is 8.11. The number of nitrogens with one attached hydrogen (secondary N) is 2. The number of nitro groups is 1. The second-order valence-electron chi connectivity index (χ2n) is 5.43. The van der Waals surface area contributed by atoms with Crippen molar-refractivity contribution in [3.63, 3.8) is 0 Å². The van der Waals surface area contributed by atoms with Crippen LogP contribution < -0.4 is 10.0 Å². The van der Waals surface area contributed by atoms with E-state index in [0.29, 0.717) is 12.1 Å². The van der Waals surface area contributed by atoms with E-state index in [1.165, 1.54) is 12.1 Å². The number of hydrogen-bond donors (Lipinski definition) is 2. The predicted octanol–water partition coefficient (Wildman–Crippen LogP) is 2.49. The lowest BCUT2D eigenvalue weighted by atomic mass is 10.0.